The molecule has 8 heteroatoms. The molecule has 1 N–H and O–H groups in total. The third kappa shape index (κ3) is 2.79. The quantitative estimate of drug-likeness (QED) is 0.677. The summed E-state index contributed by atoms with van der Waals surface area (Å²) in [6.45, 7) is 6.16. The van der Waals surface area contributed by atoms with Crippen molar-refractivity contribution in [3.05, 3.63) is 31.9 Å². The maximum absolute atomic E-state index is 11.3. The van der Waals surface area contributed by atoms with Crippen molar-refractivity contribution in [1.29, 1.82) is 0 Å². The van der Waals surface area contributed by atoms with Crippen LogP contribution in [0.4, 0.5) is 11.5 Å². The van der Waals surface area contributed by atoms with Gasteiger partial charge in [-0.05, 0) is 6.92 Å². The third-order valence-electron chi connectivity index (χ3n) is 2.88. The average Bonchev–Trinajstić information content (AvgIpc) is 2.90. The van der Waals surface area contributed by atoms with E-state index < -0.39 is 0 Å². The molecule has 0 aliphatic heterocycles. The second-order valence-electron chi connectivity index (χ2n) is 4.83. The van der Waals surface area contributed by atoms with Crippen LogP contribution >= 0.6 is 11.3 Å². The lowest BCUT2D eigenvalue weighted by Crippen LogP contribution is -2.06. The van der Waals surface area contributed by atoms with Gasteiger partial charge in [0.25, 0.3) is 0 Å². The van der Waals surface area contributed by atoms with E-state index in [9.17, 15) is 10.1 Å². The molecule has 0 unspecified atom stereocenters. The number of hydrogen-bond acceptors (Lipinski definition) is 6. The smallest absolute Gasteiger partial charge is 0.334 e. The molecule has 0 bridgehead atoms. The molecule has 108 valence electrons. The summed E-state index contributed by atoms with van der Waals surface area (Å²) in [6, 6.07) is 0. The molecule has 0 aliphatic rings. The lowest BCUT2D eigenvalue weighted by atomic mass is 10.1. The molecule has 0 aromatic carbocycles. The summed E-state index contributed by atoms with van der Waals surface area (Å²) < 4.78 is 1.52. The number of hydrogen-bond donors (Lipinski definition) is 1. The van der Waals surface area contributed by atoms with E-state index in [1.807, 2.05) is 26.2 Å². The van der Waals surface area contributed by atoms with Gasteiger partial charge in [0, 0.05) is 18.3 Å². The van der Waals surface area contributed by atoms with Crippen molar-refractivity contribution in [2.75, 3.05) is 5.32 Å². The lowest BCUT2D eigenvalue weighted by molar-refractivity contribution is -0.384. The van der Waals surface area contributed by atoms with Crippen molar-refractivity contribution in [2.24, 2.45) is 7.05 Å². The molecule has 0 fully saturated rings. The van der Waals surface area contributed by atoms with Crippen LogP contribution in [0.1, 0.15) is 36.2 Å². The minimum absolute atomic E-state index is 0.00123. The fourth-order valence-electron chi connectivity index (χ4n) is 1.96. The average molecular weight is 295 g/mol. The van der Waals surface area contributed by atoms with Crippen LogP contribution in [0.15, 0.2) is 5.38 Å². The van der Waals surface area contributed by atoms with Gasteiger partial charge in [0.15, 0.2) is 0 Å². The van der Waals surface area contributed by atoms with Gasteiger partial charge in [-0.3, -0.25) is 10.1 Å². The Balaban J connectivity index is 2.28. The number of anilines is 1. The van der Waals surface area contributed by atoms with Crippen molar-refractivity contribution in [3.8, 4) is 0 Å². The molecule has 0 spiro atoms. The van der Waals surface area contributed by atoms with Gasteiger partial charge in [0.05, 0.1) is 22.2 Å². The van der Waals surface area contributed by atoms with Crippen LogP contribution in [0, 0.1) is 17.0 Å². The molecular formula is C12H17N5O2S. The van der Waals surface area contributed by atoms with Crippen molar-refractivity contribution in [1.82, 2.24) is 14.8 Å². The van der Waals surface area contributed by atoms with Gasteiger partial charge in [-0.2, -0.15) is 5.10 Å². The second-order valence-corrected chi connectivity index (χ2v) is 5.89. The fourth-order valence-corrected chi connectivity index (χ4v) is 2.58. The van der Waals surface area contributed by atoms with Gasteiger partial charge >= 0.3 is 5.69 Å². The minimum atomic E-state index is -0.378. The minimum Gasteiger partial charge on any atom is -0.359 e. The predicted octanol–water partition coefficient (Wildman–Crippen LogP) is 2.83. The van der Waals surface area contributed by atoms with E-state index in [0.29, 0.717) is 18.1 Å². The predicted molar refractivity (Wildman–Crippen MR) is 78.1 cm³/mol. The lowest BCUT2D eigenvalue weighted by Gasteiger charge is -2.04. The summed E-state index contributed by atoms with van der Waals surface area (Å²) in [5.41, 5.74) is 1.41. The normalized spacial score (nSPS) is 11.1. The van der Waals surface area contributed by atoms with Crippen LogP contribution in [-0.4, -0.2) is 19.7 Å². The molecule has 20 heavy (non-hydrogen) atoms. The summed E-state index contributed by atoms with van der Waals surface area (Å²) in [6.07, 6.45) is 0. The molecule has 0 saturated heterocycles. The number of aryl methyl sites for hydroxylation is 2. The van der Waals surface area contributed by atoms with Gasteiger partial charge in [-0.25, -0.2) is 9.67 Å². The van der Waals surface area contributed by atoms with Crippen LogP contribution < -0.4 is 5.32 Å². The maximum atomic E-state index is 11.3. The highest BCUT2D eigenvalue weighted by atomic mass is 32.1. The Morgan fingerprint density at radius 2 is 2.25 bits per heavy atom. The van der Waals surface area contributed by atoms with E-state index in [0.717, 1.165) is 10.7 Å². The molecule has 2 heterocycles. The Kier molecular flexibility index (Phi) is 4.03. The van der Waals surface area contributed by atoms with Gasteiger partial charge in [0.1, 0.15) is 5.69 Å². The SMILES string of the molecule is Cc1nc(CNc2c([N+](=O)[O-])c(C(C)C)nn2C)cs1. The summed E-state index contributed by atoms with van der Waals surface area (Å²) in [5, 5.41) is 21.5. The molecule has 7 nitrogen and oxygen atoms in total. The van der Waals surface area contributed by atoms with Crippen molar-refractivity contribution >= 4 is 22.8 Å². The Hall–Kier alpha value is -1.96. The number of nitrogens with one attached hydrogen (secondary N) is 1. The zero-order valence-electron chi connectivity index (χ0n) is 11.9. The van der Waals surface area contributed by atoms with E-state index in [4.69, 9.17) is 0 Å². The first-order valence-corrected chi connectivity index (χ1v) is 7.14. The Morgan fingerprint density at radius 1 is 1.55 bits per heavy atom. The third-order valence-corrected chi connectivity index (χ3v) is 3.70. The topological polar surface area (TPSA) is 85.9 Å². The fraction of sp³-hybridized carbons (Fsp3) is 0.500. The van der Waals surface area contributed by atoms with E-state index in [-0.39, 0.29) is 16.5 Å². The molecule has 0 radical (unpaired) electrons. The van der Waals surface area contributed by atoms with Crippen molar-refractivity contribution in [2.45, 2.75) is 33.2 Å². The molecular weight excluding hydrogens is 278 g/mol. The first-order valence-electron chi connectivity index (χ1n) is 6.26. The number of nitrogens with zero attached hydrogens (tertiary/aromatic N) is 4. The molecule has 0 saturated carbocycles. The van der Waals surface area contributed by atoms with E-state index in [2.05, 4.69) is 15.4 Å². The zero-order valence-corrected chi connectivity index (χ0v) is 12.7. The number of thiazole rings is 1. The first kappa shape index (κ1) is 14.4. The number of nitro groups is 1. The highest BCUT2D eigenvalue weighted by molar-refractivity contribution is 7.09. The largest absolute Gasteiger partial charge is 0.359 e. The van der Waals surface area contributed by atoms with Crippen LogP contribution in [0.5, 0.6) is 0 Å². The van der Waals surface area contributed by atoms with Gasteiger partial charge in [0.2, 0.25) is 5.82 Å². The van der Waals surface area contributed by atoms with Crippen molar-refractivity contribution in [3.63, 3.8) is 0 Å². The monoisotopic (exact) mass is 295 g/mol. The zero-order chi connectivity index (χ0) is 14.9. The van der Waals surface area contributed by atoms with E-state index in [1.54, 1.807) is 18.4 Å². The Bertz CT molecular complexity index is 632. The summed E-state index contributed by atoms with van der Waals surface area (Å²) in [4.78, 5) is 15.2. The highest BCUT2D eigenvalue weighted by Crippen LogP contribution is 2.33. The van der Waals surface area contributed by atoms with Gasteiger partial charge in [-0.15, -0.1) is 11.3 Å². The molecule has 2 aromatic heterocycles. The van der Waals surface area contributed by atoms with Crippen molar-refractivity contribution < 1.29 is 4.92 Å². The summed E-state index contributed by atoms with van der Waals surface area (Å²) >= 11 is 1.56. The van der Waals surface area contributed by atoms with Gasteiger partial charge in [-0.1, -0.05) is 13.8 Å². The summed E-state index contributed by atoms with van der Waals surface area (Å²) in [7, 11) is 1.70. The Morgan fingerprint density at radius 3 is 2.75 bits per heavy atom. The molecule has 2 rings (SSSR count). The van der Waals surface area contributed by atoms with Crippen LogP contribution in [0.2, 0.25) is 0 Å². The summed E-state index contributed by atoms with van der Waals surface area (Å²) in [5.74, 6) is 0.419. The van der Waals surface area contributed by atoms with Crippen LogP contribution in [0.3, 0.4) is 0 Å². The standard InChI is InChI=1S/C12H17N5O2S/c1-7(2)10-11(17(18)19)12(16(4)15-10)13-5-9-6-20-8(3)14-9/h6-7,13H,5H2,1-4H3. The first-order chi connectivity index (χ1) is 9.40. The van der Waals surface area contributed by atoms with Crippen LogP contribution in [0.25, 0.3) is 0 Å². The van der Waals surface area contributed by atoms with E-state index in [1.165, 1.54) is 4.68 Å². The highest BCUT2D eigenvalue weighted by Gasteiger charge is 2.28. The van der Waals surface area contributed by atoms with Crippen LogP contribution in [-0.2, 0) is 13.6 Å². The second kappa shape index (κ2) is 5.58. The molecule has 0 amide bonds. The molecule has 2 aromatic rings. The Labute approximate surface area is 120 Å². The number of aromatic nitrogens is 3. The van der Waals surface area contributed by atoms with Gasteiger partial charge < -0.3 is 5.32 Å². The number of rotatable bonds is 5. The molecule has 0 atom stereocenters. The molecule has 0 aliphatic carbocycles. The maximum Gasteiger partial charge on any atom is 0.334 e. The van der Waals surface area contributed by atoms with E-state index >= 15 is 0 Å².